The summed E-state index contributed by atoms with van der Waals surface area (Å²) in [4.78, 5) is 15.3. The summed E-state index contributed by atoms with van der Waals surface area (Å²) in [6.45, 7) is 4.92. The van der Waals surface area contributed by atoms with Gasteiger partial charge in [0, 0.05) is 6.54 Å². The maximum absolute atomic E-state index is 11.8. The predicted octanol–water partition coefficient (Wildman–Crippen LogP) is 1.96. The molecule has 2 aromatic heterocycles. The van der Waals surface area contributed by atoms with Crippen LogP contribution in [0, 0.1) is 5.92 Å². The lowest BCUT2D eigenvalue weighted by Crippen LogP contribution is -2.18. The van der Waals surface area contributed by atoms with E-state index in [1.807, 2.05) is 17.5 Å². The highest BCUT2D eigenvalue weighted by atomic mass is 32.1. The molecule has 0 atom stereocenters. The monoisotopic (exact) mass is 250 g/mol. The highest BCUT2D eigenvalue weighted by Crippen LogP contribution is 2.18. The zero-order valence-electron chi connectivity index (χ0n) is 9.73. The third kappa shape index (κ3) is 2.91. The van der Waals surface area contributed by atoms with Crippen molar-refractivity contribution in [3.8, 4) is 10.6 Å². The van der Waals surface area contributed by atoms with Crippen LogP contribution in [-0.2, 0) is 0 Å². The number of nitrogens with one attached hydrogen (secondary N) is 2. The van der Waals surface area contributed by atoms with E-state index in [0.29, 0.717) is 17.6 Å². The van der Waals surface area contributed by atoms with Crippen LogP contribution in [0.3, 0.4) is 0 Å². The maximum Gasteiger partial charge on any atom is 0.279 e. The summed E-state index contributed by atoms with van der Waals surface area (Å²) in [5, 5.41) is 12.8. The van der Waals surface area contributed by atoms with Gasteiger partial charge < -0.3 is 5.32 Å². The first-order valence-corrected chi connectivity index (χ1v) is 6.29. The fraction of sp³-hybridized carbons (Fsp3) is 0.364. The number of anilines is 1. The number of nitrogens with zero attached hydrogens (tertiary/aromatic N) is 2. The Morgan fingerprint density at radius 1 is 1.47 bits per heavy atom. The second kappa shape index (κ2) is 5.09. The number of H-pyrrole nitrogens is 1. The second-order valence-electron chi connectivity index (χ2n) is 4.10. The first-order valence-electron chi connectivity index (χ1n) is 5.41. The first kappa shape index (κ1) is 11.8. The molecule has 0 bridgehead atoms. The van der Waals surface area contributed by atoms with Crippen molar-refractivity contribution in [3.63, 3.8) is 0 Å². The molecular formula is C11H14N4OS. The van der Waals surface area contributed by atoms with Gasteiger partial charge in [-0.3, -0.25) is 9.78 Å². The zero-order valence-corrected chi connectivity index (χ0v) is 10.5. The maximum atomic E-state index is 11.8. The smallest absolute Gasteiger partial charge is 0.279 e. The van der Waals surface area contributed by atoms with Crippen LogP contribution in [-0.4, -0.2) is 21.7 Å². The van der Waals surface area contributed by atoms with Crippen LogP contribution in [0.15, 0.2) is 22.3 Å². The van der Waals surface area contributed by atoms with Crippen molar-refractivity contribution in [2.45, 2.75) is 13.8 Å². The first-order chi connectivity index (χ1) is 8.16. The van der Waals surface area contributed by atoms with Crippen LogP contribution in [0.2, 0.25) is 0 Å². The van der Waals surface area contributed by atoms with Gasteiger partial charge in [-0.2, -0.15) is 0 Å². The molecule has 2 N–H and O–H groups in total. The summed E-state index contributed by atoms with van der Waals surface area (Å²) in [6.07, 6.45) is 0. The van der Waals surface area contributed by atoms with Gasteiger partial charge in [0.15, 0.2) is 5.69 Å². The molecule has 2 heterocycles. The van der Waals surface area contributed by atoms with Gasteiger partial charge >= 0.3 is 0 Å². The van der Waals surface area contributed by atoms with Gasteiger partial charge in [0.1, 0.15) is 0 Å². The number of hydrogen-bond donors (Lipinski definition) is 2. The molecule has 0 aromatic carbocycles. The number of aromatic nitrogens is 3. The standard InChI is InChI=1S/C11H14N4OS/c1-7(2)6-12-11-13-10(16)9(14-15-11)8-4-3-5-17-8/h3-5,7H,6H2,1-2H3,(H2,12,13,15,16). The van der Waals surface area contributed by atoms with Crippen LogP contribution in [0.25, 0.3) is 10.6 Å². The molecule has 0 aliphatic heterocycles. The predicted molar refractivity (Wildman–Crippen MR) is 69.3 cm³/mol. The van der Waals surface area contributed by atoms with Gasteiger partial charge in [-0.25, -0.2) is 0 Å². The summed E-state index contributed by atoms with van der Waals surface area (Å²) in [7, 11) is 0. The van der Waals surface area contributed by atoms with E-state index < -0.39 is 0 Å². The van der Waals surface area contributed by atoms with Crippen molar-refractivity contribution in [2.75, 3.05) is 11.9 Å². The van der Waals surface area contributed by atoms with Gasteiger partial charge in [0.2, 0.25) is 5.95 Å². The minimum Gasteiger partial charge on any atom is -0.354 e. The van der Waals surface area contributed by atoms with Crippen molar-refractivity contribution in [3.05, 3.63) is 27.9 Å². The summed E-state index contributed by atoms with van der Waals surface area (Å²) in [6, 6.07) is 3.73. The van der Waals surface area contributed by atoms with Crippen LogP contribution < -0.4 is 10.9 Å². The summed E-state index contributed by atoms with van der Waals surface area (Å²) in [5.41, 5.74) is 0.156. The Morgan fingerprint density at radius 3 is 2.88 bits per heavy atom. The Hall–Kier alpha value is -1.69. The topological polar surface area (TPSA) is 70.7 Å². The molecule has 0 radical (unpaired) electrons. The van der Waals surface area contributed by atoms with E-state index in [2.05, 4.69) is 34.3 Å². The summed E-state index contributed by atoms with van der Waals surface area (Å²) in [5.74, 6) is 0.904. The molecule has 0 aliphatic carbocycles. The van der Waals surface area contributed by atoms with Crippen molar-refractivity contribution >= 4 is 17.3 Å². The Bertz CT molecular complexity index is 533. The minimum atomic E-state index is -0.214. The largest absolute Gasteiger partial charge is 0.354 e. The third-order valence-corrected chi connectivity index (χ3v) is 3.01. The lowest BCUT2D eigenvalue weighted by molar-refractivity contribution is 0.682. The molecule has 0 amide bonds. The molecule has 0 fully saturated rings. The molecule has 5 nitrogen and oxygen atoms in total. The van der Waals surface area contributed by atoms with E-state index in [9.17, 15) is 4.79 Å². The van der Waals surface area contributed by atoms with Gasteiger partial charge in [-0.05, 0) is 17.4 Å². The van der Waals surface area contributed by atoms with Crippen LogP contribution in [0.5, 0.6) is 0 Å². The fourth-order valence-electron chi connectivity index (χ4n) is 1.29. The second-order valence-corrected chi connectivity index (χ2v) is 5.05. The van der Waals surface area contributed by atoms with Crippen LogP contribution >= 0.6 is 11.3 Å². The van der Waals surface area contributed by atoms with Gasteiger partial charge in [-0.1, -0.05) is 19.9 Å². The number of thiophene rings is 1. The van der Waals surface area contributed by atoms with Crippen molar-refractivity contribution < 1.29 is 0 Å². The molecule has 6 heteroatoms. The van der Waals surface area contributed by atoms with Gasteiger partial charge in [-0.15, -0.1) is 21.5 Å². The van der Waals surface area contributed by atoms with E-state index in [1.54, 1.807) is 0 Å². The molecule has 90 valence electrons. The van der Waals surface area contributed by atoms with Crippen LogP contribution in [0.1, 0.15) is 13.8 Å². The number of rotatable bonds is 4. The van der Waals surface area contributed by atoms with Gasteiger partial charge in [0.25, 0.3) is 5.56 Å². The number of hydrogen-bond acceptors (Lipinski definition) is 5. The quantitative estimate of drug-likeness (QED) is 0.870. The van der Waals surface area contributed by atoms with E-state index in [4.69, 9.17) is 0 Å². The Labute approximate surface area is 103 Å². The number of aromatic amines is 1. The fourth-order valence-corrected chi connectivity index (χ4v) is 2.00. The molecule has 17 heavy (non-hydrogen) atoms. The molecule has 0 unspecified atom stereocenters. The average Bonchev–Trinajstić information content (AvgIpc) is 2.79. The van der Waals surface area contributed by atoms with Crippen LogP contribution in [0.4, 0.5) is 5.95 Å². The minimum absolute atomic E-state index is 0.214. The van der Waals surface area contributed by atoms with Crippen molar-refractivity contribution in [1.29, 1.82) is 0 Å². The zero-order chi connectivity index (χ0) is 12.3. The molecule has 0 aliphatic rings. The Kier molecular flexibility index (Phi) is 3.53. The normalized spacial score (nSPS) is 10.8. The van der Waals surface area contributed by atoms with E-state index in [1.165, 1.54) is 11.3 Å². The highest BCUT2D eigenvalue weighted by molar-refractivity contribution is 7.13. The van der Waals surface area contributed by atoms with Crippen molar-refractivity contribution in [2.24, 2.45) is 5.92 Å². The molecule has 0 spiro atoms. The van der Waals surface area contributed by atoms with E-state index in [-0.39, 0.29) is 5.56 Å². The average molecular weight is 250 g/mol. The SMILES string of the molecule is CC(C)CNc1nnc(-c2cccs2)c(=O)[nH]1. The Balaban J connectivity index is 2.21. The third-order valence-electron chi connectivity index (χ3n) is 2.13. The summed E-state index contributed by atoms with van der Waals surface area (Å²) >= 11 is 1.47. The van der Waals surface area contributed by atoms with E-state index in [0.717, 1.165) is 11.4 Å². The molecule has 2 rings (SSSR count). The highest BCUT2D eigenvalue weighted by Gasteiger charge is 2.08. The lowest BCUT2D eigenvalue weighted by Gasteiger charge is -2.06. The molecule has 2 aromatic rings. The lowest BCUT2D eigenvalue weighted by atomic mass is 10.2. The summed E-state index contributed by atoms with van der Waals surface area (Å²) < 4.78 is 0. The molecule has 0 saturated heterocycles. The molecular weight excluding hydrogens is 236 g/mol. The van der Waals surface area contributed by atoms with Crippen molar-refractivity contribution in [1.82, 2.24) is 15.2 Å². The van der Waals surface area contributed by atoms with Gasteiger partial charge in [0.05, 0.1) is 4.88 Å². The van der Waals surface area contributed by atoms with E-state index >= 15 is 0 Å². The Morgan fingerprint density at radius 2 is 2.29 bits per heavy atom. The molecule has 0 saturated carbocycles.